The van der Waals surface area contributed by atoms with Crippen LogP contribution >= 0.6 is 0 Å². The van der Waals surface area contributed by atoms with Crippen LogP contribution in [0.5, 0.6) is 0 Å². The van der Waals surface area contributed by atoms with Crippen molar-refractivity contribution in [2.75, 3.05) is 6.54 Å². The van der Waals surface area contributed by atoms with Gasteiger partial charge in [0.15, 0.2) is 0 Å². The summed E-state index contributed by atoms with van der Waals surface area (Å²) in [4.78, 5) is 11.2. The molecule has 5 heteroatoms. The zero-order chi connectivity index (χ0) is 13.9. The van der Waals surface area contributed by atoms with Gasteiger partial charge in [0.05, 0.1) is 6.54 Å². The number of hydrogen-bond donors (Lipinski definition) is 0. The van der Waals surface area contributed by atoms with Gasteiger partial charge in [-0.1, -0.05) is 6.07 Å². The van der Waals surface area contributed by atoms with E-state index in [4.69, 9.17) is 0 Å². The fourth-order valence-corrected chi connectivity index (χ4v) is 2.97. The number of rotatable bonds is 4. The molecule has 3 rings (SSSR count). The summed E-state index contributed by atoms with van der Waals surface area (Å²) in [5.41, 5.74) is 1.31. The quantitative estimate of drug-likeness (QED) is 0.857. The summed E-state index contributed by atoms with van der Waals surface area (Å²) in [6, 6.07) is 5.00. The van der Waals surface area contributed by atoms with E-state index >= 15 is 0 Å². The molecule has 106 valence electrons. The molecule has 0 N–H and O–H groups in total. The van der Waals surface area contributed by atoms with Crippen LogP contribution in [0.3, 0.4) is 0 Å². The molecule has 0 saturated carbocycles. The van der Waals surface area contributed by atoms with Crippen molar-refractivity contribution in [1.82, 2.24) is 24.6 Å². The first-order chi connectivity index (χ1) is 9.75. The van der Waals surface area contributed by atoms with E-state index in [-0.39, 0.29) is 0 Å². The Morgan fingerprint density at radius 3 is 3.05 bits per heavy atom. The van der Waals surface area contributed by atoms with Gasteiger partial charge in [-0.3, -0.25) is 9.88 Å². The van der Waals surface area contributed by atoms with Crippen molar-refractivity contribution in [3.8, 4) is 0 Å². The Labute approximate surface area is 119 Å². The molecular weight excluding hydrogens is 250 g/mol. The lowest BCUT2D eigenvalue weighted by atomic mass is 10.1. The van der Waals surface area contributed by atoms with E-state index in [1.54, 1.807) is 6.33 Å². The third-order valence-electron chi connectivity index (χ3n) is 3.91. The van der Waals surface area contributed by atoms with Crippen LogP contribution in [0.25, 0.3) is 0 Å². The Bertz CT molecular complexity index is 548. The van der Waals surface area contributed by atoms with Crippen molar-refractivity contribution in [1.29, 1.82) is 0 Å². The Balaban J connectivity index is 1.78. The minimum absolute atomic E-state index is 0.354. The van der Waals surface area contributed by atoms with Gasteiger partial charge in [-0.05, 0) is 44.9 Å². The van der Waals surface area contributed by atoms with Gasteiger partial charge < -0.3 is 0 Å². The Hall–Kier alpha value is -1.75. The molecule has 5 nitrogen and oxygen atoms in total. The van der Waals surface area contributed by atoms with Gasteiger partial charge in [-0.25, -0.2) is 9.67 Å². The number of nitrogens with zero attached hydrogens (tertiary/aromatic N) is 5. The SMILES string of the molecule is CC(C)n1ncnc1CN1CCCC1c1cccnc1. The van der Waals surface area contributed by atoms with E-state index in [0.29, 0.717) is 12.1 Å². The molecule has 1 unspecified atom stereocenters. The first-order valence-electron chi connectivity index (χ1n) is 7.28. The normalized spacial score (nSPS) is 19.9. The van der Waals surface area contributed by atoms with Crippen molar-refractivity contribution in [3.63, 3.8) is 0 Å². The molecule has 0 spiro atoms. The summed E-state index contributed by atoms with van der Waals surface area (Å²) in [5.74, 6) is 1.05. The second-order valence-corrected chi connectivity index (χ2v) is 5.63. The van der Waals surface area contributed by atoms with Gasteiger partial charge in [0.25, 0.3) is 0 Å². The minimum atomic E-state index is 0.354. The van der Waals surface area contributed by atoms with E-state index in [2.05, 4.69) is 39.9 Å². The molecule has 3 heterocycles. The molecule has 1 atom stereocenters. The first kappa shape index (κ1) is 13.2. The largest absolute Gasteiger partial charge is 0.289 e. The molecule has 2 aromatic rings. The molecule has 2 aromatic heterocycles. The lowest BCUT2D eigenvalue weighted by Crippen LogP contribution is -2.25. The highest BCUT2D eigenvalue weighted by molar-refractivity contribution is 5.15. The van der Waals surface area contributed by atoms with E-state index in [1.807, 2.05) is 23.1 Å². The zero-order valence-corrected chi connectivity index (χ0v) is 12.1. The standard InChI is InChI=1S/C15H21N5/c1-12(2)20-15(17-11-18-20)10-19-8-4-6-14(19)13-5-3-7-16-9-13/h3,5,7,9,11-12,14H,4,6,8,10H2,1-2H3. The predicted octanol–water partition coefficient (Wildman–Crippen LogP) is 2.59. The van der Waals surface area contributed by atoms with Gasteiger partial charge >= 0.3 is 0 Å². The minimum Gasteiger partial charge on any atom is -0.289 e. The van der Waals surface area contributed by atoms with Gasteiger partial charge in [0.1, 0.15) is 12.2 Å². The van der Waals surface area contributed by atoms with E-state index in [9.17, 15) is 0 Å². The lowest BCUT2D eigenvalue weighted by Gasteiger charge is -2.24. The van der Waals surface area contributed by atoms with Gasteiger partial charge in [0, 0.05) is 24.5 Å². The third-order valence-corrected chi connectivity index (χ3v) is 3.91. The molecule has 0 bridgehead atoms. The van der Waals surface area contributed by atoms with Crippen LogP contribution in [0, 0.1) is 0 Å². The van der Waals surface area contributed by atoms with Gasteiger partial charge in [-0.2, -0.15) is 5.10 Å². The maximum atomic E-state index is 4.42. The average molecular weight is 271 g/mol. The molecule has 0 aliphatic carbocycles. The van der Waals surface area contributed by atoms with Crippen molar-refractivity contribution in [2.45, 2.75) is 45.3 Å². The van der Waals surface area contributed by atoms with E-state index in [0.717, 1.165) is 18.9 Å². The zero-order valence-electron chi connectivity index (χ0n) is 12.1. The third kappa shape index (κ3) is 2.58. The lowest BCUT2D eigenvalue weighted by molar-refractivity contribution is 0.235. The summed E-state index contributed by atoms with van der Waals surface area (Å²) in [6.07, 6.45) is 7.90. The summed E-state index contributed by atoms with van der Waals surface area (Å²) in [5, 5.41) is 4.32. The number of pyridine rings is 1. The van der Waals surface area contributed by atoms with Gasteiger partial charge in [-0.15, -0.1) is 0 Å². The summed E-state index contributed by atoms with van der Waals surface area (Å²) in [7, 11) is 0. The van der Waals surface area contributed by atoms with E-state index < -0.39 is 0 Å². The highest BCUT2D eigenvalue weighted by atomic mass is 15.4. The molecule has 0 aromatic carbocycles. The van der Waals surface area contributed by atoms with Crippen LogP contribution in [0.2, 0.25) is 0 Å². The molecule has 0 amide bonds. The summed E-state index contributed by atoms with van der Waals surface area (Å²) < 4.78 is 2.01. The second-order valence-electron chi connectivity index (χ2n) is 5.63. The number of likely N-dealkylation sites (tertiary alicyclic amines) is 1. The molecule has 1 aliphatic rings. The van der Waals surface area contributed by atoms with Crippen LogP contribution in [0.4, 0.5) is 0 Å². The van der Waals surface area contributed by atoms with Crippen molar-refractivity contribution in [3.05, 3.63) is 42.2 Å². The maximum absolute atomic E-state index is 4.42. The van der Waals surface area contributed by atoms with Crippen LogP contribution in [-0.4, -0.2) is 31.2 Å². The smallest absolute Gasteiger partial charge is 0.141 e. The molecular formula is C15H21N5. The fourth-order valence-electron chi connectivity index (χ4n) is 2.97. The van der Waals surface area contributed by atoms with E-state index in [1.165, 1.54) is 18.4 Å². The molecule has 20 heavy (non-hydrogen) atoms. The summed E-state index contributed by atoms with van der Waals surface area (Å²) in [6.45, 7) is 6.25. The molecule has 1 saturated heterocycles. The van der Waals surface area contributed by atoms with Crippen molar-refractivity contribution in [2.24, 2.45) is 0 Å². The average Bonchev–Trinajstić information content (AvgIpc) is 3.09. The van der Waals surface area contributed by atoms with Crippen molar-refractivity contribution >= 4 is 0 Å². The number of hydrogen-bond acceptors (Lipinski definition) is 4. The van der Waals surface area contributed by atoms with Crippen LogP contribution in [0.15, 0.2) is 30.9 Å². The Kier molecular flexibility index (Phi) is 3.78. The van der Waals surface area contributed by atoms with Crippen LogP contribution in [-0.2, 0) is 6.54 Å². The topological polar surface area (TPSA) is 46.8 Å². The van der Waals surface area contributed by atoms with Gasteiger partial charge in [0.2, 0.25) is 0 Å². The molecule has 1 fully saturated rings. The van der Waals surface area contributed by atoms with Crippen LogP contribution in [0.1, 0.15) is 50.2 Å². The predicted molar refractivity (Wildman–Crippen MR) is 77.0 cm³/mol. The van der Waals surface area contributed by atoms with Crippen molar-refractivity contribution < 1.29 is 0 Å². The molecule has 0 radical (unpaired) electrons. The summed E-state index contributed by atoms with van der Waals surface area (Å²) >= 11 is 0. The fraction of sp³-hybridized carbons (Fsp3) is 0.533. The highest BCUT2D eigenvalue weighted by Gasteiger charge is 2.27. The van der Waals surface area contributed by atoms with Crippen LogP contribution < -0.4 is 0 Å². The molecule has 1 aliphatic heterocycles. The monoisotopic (exact) mass is 271 g/mol. The second kappa shape index (κ2) is 5.71. The Morgan fingerprint density at radius 2 is 2.30 bits per heavy atom. The maximum Gasteiger partial charge on any atom is 0.141 e. The number of aromatic nitrogens is 4. The first-order valence-corrected chi connectivity index (χ1v) is 7.28. The highest BCUT2D eigenvalue weighted by Crippen LogP contribution is 2.32. The Morgan fingerprint density at radius 1 is 1.40 bits per heavy atom.